The summed E-state index contributed by atoms with van der Waals surface area (Å²) >= 11 is 0. The Bertz CT molecular complexity index is 360. The first-order valence-corrected chi connectivity index (χ1v) is 6.32. The molecule has 2 rings (SSSR count). The van der Waals surface area contributed by atoms with Gasteiger partial charge in [-0.05, 0) is 18.3 Å². The van der Waals surface area contributed by atoms with Gasteiger partial charge in [-0.25, -0.2) is 9.59 Å². The Morgan fingerprint density at radius 2 is 2.00 bits per heavy atom. The van der Waals surface area contributed by atoms with Crippen molar-refractivity contribution in [1.29, 1.82) is 0 Å². The highest BCUT2D eigenvalue weighted by atomic mass is 16.4. The number of nitrogens with zero attached hydrogens (tertiary/aromatic N) is 2. The number of hydrogen-bond acceptors (Lipinski definition) is 3. The Labute approximate surface area is 106 Å². The van der Waals surface area contributed by atoms with Crippen molar-refractivity contribution in [2.75, 3.05) is 20.1 Å². The maximum absolute atomic E-state index is 12.2. The third-order valence-electron chi connectivity index (χ3n) is 3.92. The lowest BCUT2D eigenvalue weighted by Gasteiger charge is -2.27. The molecule has 1 aliphatic heterocycles. The van der Waals surface area contributed by atoms with Crippen LogP contribution in [0.1, 0.15) is 19.8 Å². The Kier molecular flexibility index (Phi) is 3.47. The number of likely N-dealkylation sites (tertiary alicyclic amines) is 1. The van der Waals surface area contributed by atoms with E-state index in [4.69, 9.17) is 5.11 Å². The van der Waals surface area contributed by atoms with Crippen LogP contribution in [0.15, 0.2) is 0 Å². The average molecular weight is 256 g/mol. The van der Waals surface area contributed by atoms with E-state index in [-0.39, 0.29) is 19.0 Å². The molecule has 6 nitrogen and oxygen atoms in total. The number of amides is 2. The van der Waals surface area contributed by atoms with Gasteiger partial charge in [0.15, 0.2) is 0 Å². The number of urea groups is 1. The van der Waals surface area contributed by atoms with Crippen molar-refractivity contribution >= 4 is 12.0 Å². The number of aliphatic carboxylic acids is 1. The Hall–Kier alpha value is -1.30. The maximum atomic E-state index is 12.2. The number of carboxylic acid groups (broad SMARTS) is 1. The predicted octanol–water partition coefficient (Wildman–Crippen LogP) is 0.214. The lowest BCUT2D eigenvalue weighted by atomic mass is 10.2. The van der Waals surface area contributed by atoms with Crippen molar-refractivity contribution in [1.82, 2.24) is 9.80 Å². The predicted molar refractivity (Wildman–Crippen MR) is 64.1 cm³/mol. The van der Waals surface area contributed by atoms with E-state index in [2.05, 4.69) is 6.92 Å². The molecule has 102 valence electrons. The van der Waals surface area contributed by atoms with Gasteiger partial charge in [0.05, 0.1) is 6.10 Å². The van der Waals surface area contributed by atoms with E-state index in [1.165, 1.54) is 4.90 Å². The lowest BCUT2D eigenvalue weighted by Crippen LogP contribution is -2.47. The fraction of sp³-hybridized carbons (Fsp3) is 0.833. The third kappa shape index (κ3) is 2.58. The van der Waals surface area contributed by atoms with Crippen molar-refractivity contribution in [2.24, 2.45) is 11.8 Å². The molecule has 2 amide bonds. The molecule has 6 heteroatoms. The van der Waals surface area contributed by atoms with Gasteiger partial charge in [0.2, 0.25) is 0 Å². The molecule has 0 aromatic heterocycles. The Morgan fingerprint density at radius 3 is 2.50 bits per heavy atom. The van der Waals surface area contributed by atoms with Crippen LogP contribution >= 0.6 is 0 Å². The number of hydrogen-bond donors (Lipinski definition) is 2. The van der Waals surface area contributed by atoms with E-state index in [0.29, 0.717) is 18.4 Å². The summed E-state index contributed by atoms with van der Waals surface area (Å²) in [4.78, 5) is 26.0. The molecular formula is C12H20N2O4. The number of carbonyl (C=O) groups is 2. The van der Waals surface area contributed by atoms with Gasteiger partial charge in [0.25, 0.3) is 0 Å². The van der Waals surface area contributed by atoms with Crippen molar-refractivity contribution in [3.63, 3.8) is 0 Å². The summed E-state index contributed by atoms with van der Waals surface area (Å²) in [6, 6.07) is -1.19. The summed E-state index contributed by atoms with van der Waals surface area (Å²) < 4.78 is 0. The van der Waals surface area contributed by atoms with Crippen LogP contribution in [-0.4, -0.2) is 64.3 Å². The van der Waals surface area contributed by atoms with E-state index in [0.717, 1.165) is 6.42 Å². The molecule has 0 aromatic rings. The van der Waals surface area contributed by atoms with E-state index >= 15 is 0 Å². The Morgan fingerprint density at radius 1 is 1.39 bits per heavy atom. The van der Waals surface area contributed by atoms with Crippen LogP contribution in [0.4, 0.5) is 4.79 Å². The SMILES string of the molecule is CC1CC1CN(C)C(=O)N1CC(O)CC1C(=O)O. The van der Waals surface area contributed by atoms with Gasteiger partial charge in [-0.2, -0.15) is 0 Å². The zero-order valence-corrected chi connectivity index (χ0v) is 10.7. The standard InChI is InChI=1S/C12H20N2O4/c1-7-3-8(7)5-13(2)12(18)14-6-9(15)4-10(14)11(16)17/h7-10,15H,3-6H2,1-2H3,(H,16,17). The second kappa shape index (κ2) is 4.76. The highest BCUT2D eigenvalue weighted by Crippen LogP contribution is 2.38. The number of rotatable bonds is 3. The summed E-state index contributed by atoms with van der Waals surface area (Å²) in [5.74, 6) is 0.141. The van der Waals surface area contributed by atoms with Gasteiger partial charge in [-0.1, -0.05) is 6.92 Å². The monoisotopic (exact) mass is 256 g/mol. The van der Waals surface area contributed by atoms with Gasteiger partial charge in [-0.3, -0.25) is 0 Å². The van der Waals surface area contributed by atoms with Gasteiger partial charge in [0.1, 0.15) is 6.04 Å². The second-order valence-corrected chi connectivity index (χ2v) is 5.53. The molecule has 2 aliphatic rings. The van der Waals surface area contributed by atoms with Gasteiger partial charge in [0, 0.05) is 26.6 Å². The number of carboxylic acids is 1. The zero-order valence-electron chi connectivity index (χ0n) is 10.7. The normalized spacial score (nSPS) is 34.5. The molecule has 4 unspecified atom stereocenters. The van der Waals surface area contributed by atoms with Crippen LogP contribution in [0.3, 0.4) is 0 Å². The molecule has 0 spiro atoms. The summed E-state index contributed by atoms with van der Waals surface area (Å²) in [7, 11) is 1.69. The minimum atomic E-state index is -1.05. The highest BCUT2D eigenvalue weighted by molar-refractivity contribution is 5.83. The minimum Gasteiger partial charge on any atom is -0.480 e. The Balaban J connectivity index is 1.96. The average Bonchev–Trinajstić information content (AvgIpc) is 2.83. The summed E-state index contributed by atoms with van der Waals surface area (Å²) in [6.07, 6.45) is 0.514. The van der Waals surface area contributed by atoms with Crippen molar-refractivity contribution in [2.45, 2.75) is 31.9 Å². The minimum absolute atomic E-state index is 0.111. The maximum Gasteiger partial charge on any atom is 0.326 e. The number of carbonyl (C=O) groups excluding carboxylic acids is 1. The summed E-state index contributed by atoms with van der Waals surface area (Å²) in [5.41, 5.74) is 0. The van der Waals surface area contributed by atoms with Crippen LogP contribution < -0.4 is 0 Å². The van der Waals surface area contributed by atoms with Crippen LogP contribution in [0.25, 0.3) is 0 Å². The number of aliphatic hydroxyl groups excluding tert-OH is 1. The molecular weight excluding hydrogens is 236 g/mol. The largest absolute Gasteiger partial charge is 0.480 e. The molecule has 1 saturated heterocycles. The fourth-order valence-corrected chi connectivity index (χ4v) is 2.56. The molecule has 4 atom stereocenters. The highest BCUT2D eigenvalue weighted by Gasteiger charge is 2.41. The first-order valence-electron chi connectivity index (χ1n) is 6.32. The molecule has 0 radical (unpaired) electrons. The molecule has 2 fully saturated rings. The summed E-state index contributed by atoms with van der Waals surface area (Å²) in [5, 5.41) is 18.6. The quantitative estimate of drug-likeness (QED) is 0.756. The van der Waals surface area contributed by atoms with Crippen LogP contribution in [0.2, 0.25) is 0 Å². The molecule has 0 aromatic carbocycles. The van der Waals surface area contributed by atoms with Crippen LogP contribution in [-0.2, 0) is 4.79 Å². The van der Waals surface area contributed by atoms with E-state index in [9.17, 15) is 14.7 Å². The first-order chi connectivity index (χ1) is 8.40. The van der Waals surface area contributed by atoms with E-state index < -0.39 is 18.1 Å². The number of β-amino-alcohol motifs (C(OH)–C–C–N with tert-alkyl or cyclic N) is 1. The van der Waals surface area contributed by atoms with Crippen LogP contribution in [0, 0.1) is 11.8 Å². The third-order valence-corrected chi connectivity index (χ3v) is 3.92. The zero-order chi connectivity index (χ0) is 13.4. The molecule has 1 aliphatic carbocycles. The first kappa shape index (κ1) is 13.1. The molecule has 2 N–H and O–H groups in total. The van der Waals surface area contributed by atoms with Gasteiger partial charge < -0.3 is 20.0 Å². The van der Waals surface area contributed by atoms with E-state index in [1.807, 2.05) is 0 Å². The van der Waals surface area contributed by atoms with Crippen molar-refractivity contribution in [3.8, 4) is 0 Å². The summed E-state index contributed by atoms with van der Waals surface area (Å²) in [6.45, 7) is 2.92. The van der Waals surface area contributed by atoms with Gasteiger partial charge >= 0.3 is 12.0 Å². The molecule has 1 saturated carbocycles. The topological polar surface area (TPSA) is 81.1 Å². The molecule has 0 bridgehead atoms. The second-order valence-electron chi connectivity index (χ2n) is 5.53. The number of aliphatic hydroxyl groups is 1. The van der Waals surface area contributed by atoms with E-state index in [1.54, 1.807) is 11.9 Å². The fourth-order valence-electron chi connectivity index (χ4n) is 2.56. The van der Waals surface area contributed by atoms with Crippen LogP contribution in [0.5, 0.6) is 0 Å². The smallest absolute Gasteiger partial charge is 0.326 e. The molecule has 1 heterocycles. The van der Waals surface area contributed by atoms with Crippen molar-refractivity contribution in [3.05, 3.63) is 0 Å². The van der Waals surface area contributed by atoms with Crippen molar-refractivity contribution < 1.29 is 19.8 Å². The lowest BCUT2D eigenvalue weighted by molar-refractivity contribution is -0.141. The molecule has 18 heavy (non-hydrogen) atoms. The van der Waals surface area contributed by atoms with Gasteiger partial charge in [-0.15, -0.1) is 0 Å².